The highest BCUT2D eigenvalue weighted by Crippen LogP contribution is 2.00. The second kappa shape index (κ2) is 9.83. The maximum Gasteiger partial charge on any atom is 0.326 e. The van der Waals surface area contributed by atoms with E-state index in [9.17, 15) is 18.0 Å². The van der Waals surface area contributed by atoms with Gasteiger partial charge < -0.3 is 15.7 Å². The van der Waals surface area contributed by atoms with E-state index in [1.807, 2.05) is 6.26 Å². The van der Waals surface area contributed by atoms with Gasteiger partial charge in [0.2, 0.25) is 10.0 Å². The standard InChI is InChI=1S/C10H21N3O5S2/c1-3-12-20(17,18)7-5-11-10(16)13-8(9(14)15)4-6-19-2/h8,12H,3-7H2,1-2H3,(H,14,15)(H2,11,13,16). The van der Waals surface area contributed by atoms with Gasteiger partial charge in [0.05, 0.1) is 5.75 Å². The molecule has 1 atom stereocenters. The molecule has 118 valence electrons. The molecule has 0 heterocycles. The van der Waals surface area contributed by atoms with Crippen LogP contribution in [-0.4, -0.2) is 62.4 Å². The summed E-state index contributed by atoms with van der Waals surface area (Å²) in [5.74, 6) is -0.766. The normalized spacial score (nSPS) is 12.7. The number of hydrogen-bond acceptors (Lipinski definition) is 5. The molecule has 2 amide bonds. The predicted molar refractivity (Wildman–Crippen MR) is 78.4 cm³/mol. The molecule has 0 aliphatic heterocycles. The van der Waals surface area contributed by atoms with E-state index >= 15 is 0 Å². The Morgan fingerprint density at radius 2 is 2.00 bits per heavy atom. The van der Waals surface area contributed by atoms with Crippen molar-refractivity contribution in [1.82, 2.24) is 15.4 Å². The fraction of sp³-hybridized carbons (Fsp3) is 0.800. The molecule has 0 aromatic heterocycles. The lowest BCUT2D eigenvalue weighted by Crippen LogP contribution is -2.47. The summed E-state index contributed by atoms with van der Waals surface area (Å²) in [5.41, 5.74) is 0. The topological polar surface area (TPSA) is 125 Å². The SMILES string of the molecule is CCNS(=O)(=O)CCNC(=O)NC(CCSC)C(=O)O. The first kappa shape index (κ1) is 19.0. The van der Waals surface area contributed by atoms with Crippen molar-refractivity contribution in [2.45, 2.75) is 19.4 Å². The van der Waals surface area contributed by atoms with Crippen molar-refractivity contribution in [3.05, 3.63) is 0 Å². The molecule has 10 heteroatoms. The quantitative estimate of drug-likeness (QED) is 0.426. The van der Waals surface area contributed by atoms with Gasteiger partial charge >= 0.3 is 12.0 Å². The van der Waals surface area contributed by atoms with Crippen molar-refractivity contribution in [1.29, 1.82) is 0 Å². The Morgan fingerprint density at radius 3 is 2.50 bits per heavy atom. The number of aliphatic carboxylic acids is 1. The molecule has 0 aliphatic carbocycles. The number of amides is 2. The minimum Gasteiger partial charge on any atom is -0.480 e. The number of carbonyl (C=O) groups is 2. The summed E-state index contributed by atoms with van der Waals surface area (Å²) < 4.78 is 24.9. The van der Waals surface area contributed by atoms with E-state index in [0.29, 0.717) is 12.2 Å². The summed E-state index contributed by atoms with van der Waals surface area (Å²) in [4.78, 5) is 22.4. The lowest BCUT2D eigenvalue weighted by atomic mass is 10.2. The van der Waals surface area contributed by atoms with Crippen LogP contribution in [-0.2, 0) is 14.8 Å². The second-order valence-electron chi connectivity index (χ2n) is 3.89. The minimum absolute atomic E-state index is 0.0873. The van der Waals surface area contributed by atoms with Crippen LogP contribution in [0.2, 0.25) is 0 Å². The zero-order chi connectivity index (χ0) is 15.6. The maximum atomic E-state index is 11.5. The Morgan fingerprint density at radius 1 is 1.35 bits per heavy atom. The highest BCUT2D eigenvalue weighted by molar-refractivity contribution is 7.98. The van der Waals surface area contributed by atoms with Crippen LogP contribution in [0.3, 0.4) is 0 Å². The minimum atomic E-state index is -3.40. The van der Waals surface area contributed by atoms with Gasteiger partial charge in [-0.2, -0.15) is 11.8 Å². The van der Waals surface area contributed by atoms with Crippen LogP contribution >= 0.6 is 11.8 Å². The highest BCUT2D eigenvalue weighted by atomic mass is 32.2. The Hall–Kier alpha value is -1.00. The summed E-state index contributed by atoms with van der Waals surface area (Å²) in [6.45, 7) is 1.85. The summed E-state index contributed by atoms with van der Waals surface area (Å²) in [7, 11) is -3.40. The molecule has 8 nitrogen and oxygen atoms in total. The van der Waals surface area contributed by atoms with Crippen LogP contribution in [0.5, 0.6) is 0 Å². The lowest BCUT2D eigenvalue weighted by molar-refractivity contribution is -0.139. The molecule has 0 saturated heterocycles. The third kappa shape index (κ3) is 8.99. The Balaban J connectivity index is 4.11. The van der Waals surface area contributed by atoms with Gasteiger partial charge in [-0.15, -0.1) is 0 Å². The molecule has 0 fully saturated rings. The number of rotatable bonds is 10. The molecule has 0 aromatic rings. The van der Waals surface area contributed by atoms with Gasteiger partial charge in [-0.1, -0.05) is 6.92 Å². The highest BCUT2D eigenvalue weighted by Gasteiger charge is 2.19. The van der Waals surface area contributed by atoms with Gasteiger partial charge in [-0.25, -0.2) is 22.7 Å². The average molecular weight is 327 g/mol. The molecular weight excluding hydrogens is 306 g/mol. The first-order valence-corrected chi connectivity index (χ1v) is 9.10. The van der Waals surface area contributed by atoms with E-state index in [2.05, 4.69) is 15.4 Å². The van der Waals surface area contributed by atoms with E-state index in [-0.39, 0.29) is 18.8 Å². The number of nitrogens with one attached hydrogen (secondary N) is 3. The van der Waals surface area contributed by atoms with Crippen molar-refractivity contribution in [2.24, 2.45) is 0 Å². The van der Waals surface area contributed by atoms with Crippen LogP contribution in [0.25, 0.3) is 0 Å². The first-order chi connectivity index (χ1) is 9.32. The van der Waals surface area contributed by atoms with Gasteiger partial charge in [-0.05, 0) is 18.4 Å². The van der Waals surface area contributed by atoms with Gasteiger partial charge in [0.25, 0.3) is 0 Å². The molecule has 20 heavy (non-hydrogen) atoms. The number of sulfonamides is 1. The van der Waals surface area contributed by atoms with Gasteiger partial charge in [0.15, 0.2) is 0 Å². The van der Waals surface area contributed by atoms with E-state index < -0.39 is 28.1 Å². The van der Waals surface area contributed by atoms with Gasteiger partial charge in [0, 0.05) is 13.1 Å². The van der Waals surface area contributed by atoms with Crippen LogP contribution < -0.4 is 15.4 Å². The predicted octanol–water partition coefficient (Wildman–Crippen LogP) is -0.569. The van der Waals surface area contributed by atoms with E-state index in [1.54, 1.807) is 6.92 Å². The summed E-state index contributed by atoms with van der Waals surface area (Å²) >= 11 is 1.48. The van der Waals surface area contributed by atoms with Crippen molar-refractivity contribution in [3.8, 4) is 0 Å². The number of carbonyl (C=O) groups excluding carboxylic acids is 1. The first-order valence-electron chi connectivity index (χ1n) is 6.05. The molecule has 0 aromatic carbocycles. The number of carboxylic acids is 1. The largest absolute Gasteiger partial charge is 0.480 e. The van der Waals surface area contributed by atoms with Crippen molar-refractivity contribution < 1.29 is 23.1 Å². The number of urea groups is 1. The summed E-state index contributed by atoms with van der Waals surface area (Å²) in [5, 5.41) is 13.5. The summed E-state index contributed by atoms with van der Waals surface area (Å²) in [6.07, 6.45) is 2.14. The van der Waals surface area contributed by atoms with Crippen LogP contribution in [0, 0.1) is 0 Å². The Kier molecular flexibility index (Phi) is 9.34. The third-order valence-corrected chi connectivity index (χ3v) is 4.35. The van der Waals surface area contributed by atoms with E-state index in [0.717, 1.165) is 0 Å². The van der Waals surface area contributed by atoms with Gasteiger partial charge in [-0.3, -0.25) is 0 Å². The fourth-order valence-corrected chi connectivity index (χ4v) is 2.72. The molecule has 0 bridgehead atoms. The Labute approximate surface area is 123 Å². The van der Waals surface area contributed by atoms with Crippen LogP contribution in [0.4, 0.5) is 4.79 Å². The lowest BCUT2D eigenvalue weighted by Gasteiger charge is -2.14. The Bertz CT molecular complexity index is 413. The molecule has 1 unspecified atom stereocenters. The zero-order valence-electron chi connectivity index (χ0n) is 11.5. The number of thioether (sulfide) groups is 1. The van der Waals surface area contributed by atoms with E-state index in [1.165, 1.54) is 11.8 Å². The third-order valence-electron chi connectivity index (χ3n) is 2.23. The number of hydrogen-bond donors (Lipinski definition) is 4. The maximum absolute atomic E-state index is 11.5. The fourth-order valence-electron chi connectivity index (χ4n) is 1.29. The van der Waals surface area contributed by atoms with Crippen LogP contribution in [0.15, 0.2) is 0 Å². The van der Waals surface area contributed by atoms with Crippen molar-refractivity contribution in [2.75, 3.05) is 30.9 Å². The molecular formula is C10H21N3O5S2. The number of carboxylic acid groups (broad SMARTS) is 1. The monoisotopic (exact) mass is 327 g/mol. The molecule has 0 radical (unpaired) electrons. The molecule has 0 rings (SSSR count). The average Bonchev–Trinajstić information content (AvgIpc) is 2.33. The second-order valence-corrected chi connectivity index (χ2v) is 6.80. The van der Waals surface area contributed by atoms with Crippen LogP contribution in [0.1, 0.15) is 13.3 Å². The van der Waals surface area contributed by atoms with Crippen molar-refractivity contribution >= 4 is 33.8 Å². The molecule has 4 N–H and O–H groups in total. The smallest absolute Gasteiger partial charge is 0.326 e. The molecule has 0 aliphatic rings. The molecule has 0 saturated carbocycles. The van der Waals surface area contributed by atoms with Crippen molar-refractivity contribution in [3.63, 3.8) is 0 Å². The molecule has 0 spiro atoms. The zero-order valence-corrected chi connectivity index (χ0v) is 13.1. The van der Waals surface area contributed by atoms with E-state index in [4.69, 9.17) is 5.11 Å². The van der Waals surface area contributed by atoms with Gasteiger partial charge in [0.1, 0.15) is 6.04 Å². The summed E-state index contributed by atoms with van der Waals surface area (Å²) in [6, 6.07) is -1.67.